The number of alkyl halides is 3. The zero-order valence-electron chi connectivity index (χ0n) is 17.2. The number of halogens is 3. The average Bonchev–Trinajstić information content (AvgIpc) is 3.24. The maximum atomic E-state index is 12.7. The van der Waals surface area contributed by atoms with Crippen LogP contribution in [-0.2, 0) is 24.1 Å². The Morgan fingerprint density at radius 1 is 1.12 bits per heavy atom. The zero-order valence-corrected chi connectivity index (χ0v) is 17.2. The van der Waals surface area contributed by atoms with Crippen LogP contribution in [-0.4, -0.2) is 20.6 Å². The smallest absolute Gasteiger partial charge is 0.416 e. The van der Waals surface area contributed by atoms with Gasteiger partial charge in [0, 0.05) is 22.2 Å². The van der Waals surface area contributed by atoms with Gasteiger partial charge < -0.3 is 18.8 Å². The van der Waals surface area contributed by atoms with Crippen molar-refractivity contribution in [1.29, 1.82) is 0 Å². The highest BCUT2D eigenvalue weighted by molar-refractivity contribution is 5.84. The molecule has 2 aromatic carbocycles. The maximum Gasteiger partial charge on any atom is 0.416 e. The minimum atomic E-state index is -4.40. The number of ether oxygens (including phenoxy) is 1. The predicted octanol–water partition coefficient (Wildman–Crippen LogP) is 5.60. The summed E-state index contributed by atoms with van der Waals surface area (Å²) in [5.41, 5.74) is 1.88. The van der Waals surface area contributed by atoms with Crippen molar-refractivity contribution in [2.75, 3.05) is 0 Å². The molecule has 6 nitrogen and oxygen atoms in total. The molecule has 0 amide bonds. The molecule has 32 heavy (non-hydrogen) atoms. The summed E-state index contributed by atoms with van der Waals surface area (Å²) in [5.74, 6) is 0.318. The quantitative estimate of drug-likeness (QED) is 0.419. The Morgan fingerprint density at radius 2 is 1.84 bits per heavy atom. The van der Waals surface area contributed by atoms with Crippen molar-refractivity contribution in [1.82, 2.24) is 9.55 Å². The van der Waals surface area contributed by atoms with Gasteiger partial charge in [-0.1, -0.05) is 0 Å². The lowest BCUT2D eigenvalue weighted by Crippen LogP contribution is -2.09. The van der Waals surface area contributed by atoms with Gasteiger partial charge in [0.2, 0.25) is 5.89 Å². The summed E-state index contributed by atoms with van der Waals surface area (Å²) in [6, 6.07) is 11.8. The van der Waals surface area contributed by atoms with Crippen LogP contribution in [0.3, 0.4) is 0 Å². The lowest BCUT2D eigenvalue weighted by Gasteiger charge is -2.07. The average molecular weight is 444 g/mol. The fourth-order valence-corrected chi connectivity index (χ4v) is 3.46. The Balaban J connectivity index is 1.50. The molecule has 0 fully saturated rings. The first-order valence-corrected chi connectivity index (χ1v) is 9.70. The topological polar surface area (TPSA) is 77.5 Å². The fraction of sp³-hybridized carbons (Fsp3) is 0.217. The van der Waals surface area contributed by atoms with Gasteiger partial charge in [-0.3, -0.25) is 4.79 Å². The molecule has 0 aliphatic carbocycles. The van der Waals surface area contributed by atoms with Crippen LogP contribution in [0.5, 0.6) is 5.75 Å². The monoisotopic (exact) mass is 444 g/mol. The van der Waals surface area contributed by atoms with Crippen LogP contribution in [0, 0.1) is 13.8 Å². The van der Waals surface area contributed by atoms with E-state index < -0.39 is 17.7 Å². The summed E-state index contributed by atoms with van der Waals surface area (Å²) in [6.07, 6.45) is -4.40. The SMILES string of the molecule is Cc1nc(-c2ccc(C(F)(F)F)cc2)oc1COc1ccc2c(c1)cc(C)n2CC(=O)O. The second-order valence-electron chi connectivity index (χ2n) is 7.38. The summed E-state index contributed by atoms with van der Waals surface area (Å²) in [6.45, 7) is 3.53. The van der Waals surface area contributed by atoms with Crippen molar-refractivity contribution in [2.24, 2.45) is 0 Å². The standard InChI is InChI=1S/C23H19F3N2O4/c1-13-9-16-10-18(7-8-19(16)28(13)11-21(29)30)31-12-20-14(2)27-22(32-20)15-3-5-17(6-4-15)23(24,25)26/h3-10H,11-12H2,1-2H3,(H,29,30). The highest BCUT2D eigenvalue weighted by Gasteiger charge is 2.30. The van der Waals surface area contributed by atoms with E-state index in [9.17, 15) is 18.0 Å². The Labute approximate surface area is 180 Å². The number of aryl methyl sites for hydroxylation is 2. The Bertz CT molecular complexity index is 1290. The number of aromatic nitrogens is 2. The summed E-state index contributed by atoms with van der Waals surface area (Å²) >= 11 is 0. The van der Waals surface area contributed by atoms with Crippen molar-refractivity contribution in [3.8, 4) is 17.2 Å². The van der Waals surface area contributed by atoms with Crippen LogP contribution < -0.4 is 4.74 Å². The minimum Gasteiger partial charge on any atom is -0.486 e. The van der Waals surface area contributed by atoms with Gasteiger partial charge in [-0.05, 0) is 62.4 Å². The van der Waals surface area contributed by atoms with Gasteiger partial charge in [0.05, 0.1) is 11.3 Å². The molecule has 0 unspecified atom stereocenters. The number of nitrogens with zero attached hydrogens (tertiary/aromatic N) is 2. The van der Waals surface area contributed by atoms with Crippen LogP contribution in [0.4, 0.5) is 13.2 Å². The largest absolute Gasteiger partial charge is 0.486 e. The number of carbonyl (C=O) groups is 1. The van der Waals surface area contributed by atoms with Crippen LogP contribution in [0.2, 0.25) is 0 Å². The molecule has 0 saturated heterocycles. The molecular formula is C23H19F3N2O4. The van der Waals surface area contributed by atoms with Crippen LogP contribution in [0.15, 0.2) is 52.9 Å². The molecule has 0 aliphatic rings. The maximum absolute atomic E-state index is 12.7. The molecule has 4 aromatic rings. The van der Waals surface area contributed by atoms with E-state index >= 15 is 0 Å². The molecular weight excluding hydrogens is 425 g/mol. The van der Waals surface area contributed by atoms with Crippen molar-refractivity contribution in [2.45, 2.75) is 33.2 Å². The normalized spacial score (nSPS) is 11.8. The molecule has 2 aromatic heterocycles. The molecule has 9 heteroatoms. The van der Waals surface area contributed by atoms with Gasteiger partial charge >= 0.3 is 12.1 Å². The first-order valence-electron chi connectivity index (χ1n) is 9.70. The van der Waals surface area contributed by atoms with Crippen LogP contribution >= 0.6 is 0 Å². The van der Waals surface area contributed by atoms with E-state index in [0.29, 0.717) is 22.8 Å². The number of hydrogen-bond acceptors (Lipinski definition) is 4. The van der Waals surface area contributed by atoms with Gasteiger partial charge in [-0.15, -0.1) is 0 Å². The number of aliphatic carboxylic acids is 1. The number of carboxylic acid groups (broad SMARTS) is 1. The Hall–Kier alpha value is -3.75. The number of benzene rings is 2. The van der Waals surface area contributed by atoms with Gasteiger partial charge in [0.25, 0.3) is 0 Å². The molecule has 0 radical (unpaired) electrons. The molecule has 4 rings (SSSR count). The number of rotatable bonds is 6. The van der Waals surface area contributed by atoms with Crippen LogP contribution in [0.25, 0.3) is 22.4 Å². The highest BCUT2D eigenvalue weighted by Crippen LogP contribution is 2.31. The molecule has 166 valence electrons. The predicted molar refractivity (Wildman–Crippen MR) is 110 cm³/mol. The lowest BCUT2D eigenvalue weighted by atomic mass is 10.1. The van der Waals surface area contributed by atoms with E-state index in [-0.39, 0.29) is 19.0 Å². The van der Waals surface area contributed by atoms with Gasteiger partial charge in [0.1, 0.15) is 18.9 Å². The third-order valence-electron chi connectivity index (χ3n) is 5.10. The Kier molecular flexibility index (Phi) is 5.41. The van der Waals surface area contributed by atoms with Crippen molar-refractivity contribution in [3.63, 3.8) is 0 Å². The summed E-state index contributed by atoms with van der Waals surface area (Å²) in [4.78, 5) is 15.4. The zero-order chi connectivity index (χ0) is 23.0. The second-order valence-corrected chi connectivity index (χ2v) is 7.38. The van der Waals surface area contributed by atoms with Gasteiger partial charge in [0.15, 0.2) is 5.76 Å². The lowest BCUT2D eigenvalue weighted by molar-refractivity contribution is -0.138. The van der Waals surface area contributed by atoms with Crippen molar-refractivity contribution >= 4 is 16.9 Å². The summed E-state index contributed by atoms with van der Waals surface area (Å²) in [7, 11) is 0. The number of hydrogen-bond donors (Lipinski definition) is 1. The van der Waals surface area contributed by atoms with Crippen molar-refractivity contribution in [3.05, 3.63) is 71.2 Å². The van der Waals surface area contributed by atoms with E-state index in [4.69, 9.17) is 14.3 Å². The molecule has 1 N–H and O–H groups in total. The molecule has 0 saturated carbocycles. The van der Waals surface area contributed by atoms with E-state index in [1.165, 1.54) is 12.1 Å². The third-order valence-corrected chi connectivity index (χ3v) is 5.10. The first kappa shape index (κ1) is 21.5. The highest BCUT2D eigenvalue weighted by atomic mass is 19.4. The molecule has 0 spiro atoms. The van der Waals surface area contributed by atoms with Gasteiger partial charge in [-0.25, -0.2) is 4.98 Å². The third kappa shape index (κ3) is 4.32. The molecule has 0 aliphatic heterocycles. The number of oxazole rings is 1. The molecule has 0 bridgehead atoms. The van der Waals surface area contributed by atoms with E-state index in [2.05, 4.69) is 4.98 Å². The molecule has 2 heterocycles. The van der Waals surface area contributed by atoms with Gasteiger partial charge in [-0.2, -0.15) is 13.2 Å². The minimum absolute atomic E-state index is 0.0831. The number of carboxylic acids is 1. The van der Waals surface area contributed by atoms with E-state index in [0.717, 1.165) is 28.7 Å². The first-order chi connectivity index (χ1) is 15.1. The fourth-order valence-electron chi connectivity index (χ4n) is 3.46. The second kappa shape index (κ2) is 8.07. The molecule has 0 atom stereocenters. The van der Waals surface area contributed by atoms with E-state index in [1.807, 2.05) is 19.1 Å². The Morgan fingerprint density at radius 3 is 2.50 bits per heavy atom. The van der Waals surface area contributed by atoms with Crippen molar-refractivity contribution < 1.29 is 32.2 Å². The summed E-state index contributed by atoms with van der Waals surface area (Å²) < 4.78 is 51.5. The van der Waals surface area contributed by atoms with E-state index in [1.54, 1.807) is 23.6 Å². The number of fused-ring (bicyclic) bond motifs is 1. The van der Waals surface area contributed by atoms with Crippen LogP contribution in [0.1, 0.15) is 22.7 Å². The summed E-state index contributed by atoms with van der Waals surface area (Å²) in [5, 5.41) is 9.93.